The Morgan fingerprint density at radius 1 is 1.67 bits per heavy atom. The fraction of sp³-hybridized carbons (Fsp3) is 0.364. The number of carbonyl (C=O) groups is 1. The molecular formula is C11H12O4. The predicted molar refractivity (Wildman–Crippen MR) is 53.4 cm³/mol. The summed E-state index contributed by atoms with van der Waals surface area (Å²) in [5.41, 5.74) is 0.897. The third-order valence-electron chi connectivity index (χ3n) is 2.29. The first-order chi connectivity index (χ1) is 7.20. The molecule has 0 amide bonds. The third-order valence-corrected chi connectivity index (χ3v) is 2.29. The van der Waals surface area contributed by atoms with Crippen LogP contribution < -0.4 is 9.47 Å². The standard InChI is InChI=1S/C11H12O4/c1-2-14-8-3-4-9-7(5-8)6-10(15-9)11(12)13/h3-5,10H,2,6H2,1H3,(H,12,13)/t10-/m1/s1. The Kier molecular flexibility index (Phi) is 2.49. The van der Waals surface area contributed by atoms with Gasteiger partial charge < -0.3 is 14.6 Å². The van der Waals surface area contributed by atoms with Gasteiger partial charge in [-0.05, 0) is 25.1 Å². The van der Waals surface area contributed by atoms with Gasteiger partial charge in [0.1, 0.15) is 11.5 Å². The number of fused-ring (bicyclic) bond motifs is 1. The topological polar surface area (TPSA) is 55.8 Å². The summed E-state index contributed by atoms with van der Waals surface area (Å²) in [6.07, 6.45) is -0.345. The van der Waals surface area contributed by atoms with Gasteiger partial charge in [0.15, 0.2) is 6.10 Å². The minimum atomic E-state index is -0.927. The molecule has 0 aromatic heterocycles. The summed E-state index contributed by atoms with van der Waals surface area (Å²) in [6.45, 7) is 2.51. The fourth-order valence-corrected chi connectivity index (χ4v) is 1.62. The number of hydrogen-bond donors (Lipinski definition) is 1. The van der Waals surface area contributed by atoms with Gasteiger partial charge in [-0.1, -0.05) is 0 Å². The highest BCUT2D eigenvalue weighted by Gasteiger charge is 2.28. The lowest BCUT2D eigenvalue weighted by Crippen LogP contribution is -2.24. The number of benzene rings is 1. The van der Waals surface area contributed by atoms with Gasteiger partial charge in [0.25, 0.3) is 0 Å². The average molecular weight is 208 g/mol. The van der Waals surface area contributed by atoms with Crippen molar-refractivity contribution in [2.24, 2.45) is 0 Å². The van der Waals surface area contributed by atoms with Crippen LogP contribution in [0.1, 0.15) is 12.5 Å². The third kappa shape index (κ3) is 1.88. The van der Waals surface area contributed by atoms with Gasteiger partial charge in [0.05, 0.1) is 6.61 Å². The van der Waals surface area contributed by atoms with Crippen LogP contribution in [0.15, 0.2) is 18.2 Å². The Hall–Kier alpha value is -1.71. The van der Waals surface area contributed by atoms with Gasteiger partial charge in [-0.25, -0.2) is 4.79 Å². The maximum atomic E-state index is 10.7. The van der Waals surface area contributed by atoms with E-state index in [1.165, 1.54) is 0 Å². The van der Waals surface area contributed by atoms with Gasteiger partial charge >= 0.3 is 5.97 Å². The molecule has 1 heterocycles. The molecule has 15 heavy (non-hydrogen) atoms. The van der Waals surface area contributed by atoms with E-state index in [-0.39, 0.29) is 0 Å². The molecule has 0 fully saturated rings. The van der Waals surface area contributed by atoms with Crippen LogP contribution in [0.5, 0.6) is 11.5 Å². The van der Waals surface area contributed by atoms with Crippen LogP contribution in [0, 0.1) is 0 Å². The van der Waals surface area contributed by atoms with Crippen LogP contribution in [0.4, 0.5) is 0 Å². The molecular weight excluding hydrogens is 196 g/mol. The molecule has 1 aliphatic rings. The predicted octanol–water partition coefficient (Wildman–Crippen LogP) is 1.47. The zero-order valence-corrected chi connectivity index (χ0v) is 8.40. The van der Waals surface area contributed by atoms with E-state index in [1.54, 1.807) is 12.1 Å². The Labute approximate surface area is 87.4 Å². The van der Waals surface area contributed by atoms with Crippen LogP contribution in [0.3, 0.4) is 0 Å². The molecule has 2 rings (SSSR count). The summed E-state index contributed by atoms with van der Waals surface area (Å²) in [5.74, 6) is 0.473. The SMILES string of the molecule is CCOc1ccc2c(c1)C[C@H](C(=O)O)O2. The van der Waals surface area contributed by atoms with E-state index in [1.807, 2.05) is 13.0 Å². The normalized spacial score (nSPS) is 18.1. The molecule has 1 aliphatic heterocycles. The number of aliphatic carboxylic acids is 1. The van der Waals surface area contributed by atoms with Crippen molar-refractivity contribution in [2.45, 2.75) is 19.4 Å². The molecule has 1 N–H and O–H groups in total. The van der Waals surface area contributed by atoms with Crippen LogP contribution in [-0.4, -0.2) is 23.8 Å². The number of rotatable bonds is 3. The number of hydrogen-bond acceptors (Lipinski definition) is 3. The molecule has 0 unspecified atom stereocenters. The van der Waals surface area contributed by atoms with E-state index in [0.29, 0.717) is 18.8 Å². The smallest absolute Gasteiger partial charge is 0.345 e. The summed E-state index contributed by atoms with van der Waals surface area (Å²) in [7, 11) is 0. The molecule has 0 saturated carbocycles. The molecule has 4 nitrogen and oxygen atoms in total. The van der Waals surface area contributed by atoms with E-state index in [4.69, 9.17) is 14.6 Å². The average Bonchev–Trinajstić information content (AvgIpc) is 2.61. The lowest BCUT2D eigenvalue weighted by atomic mass is 10.1. The summed E-state index contributed by atoms with van der Waals surface area (Å²) in [6, 6.07) is 5.37. The summed E-state index contributed by atoms with van der Waals surface area (Å²) >= 11 is 0. The molecule has 1 aromatic rings. The van der Waals surface area contributed by atoms with E-state index in [2.05, 4.69) is 0 Å². The van der Waals surface area contributed by atoms with Crippen molar-refractivity contribution >= 4 is 5.97 Å². The molecule has 4 heteroatoms. The van der Waals surface area contributed by atoms with Gasteiger partial charge in [-0.3, -0.25) is 0 Å². The molecule has 1 aromatic carbocycles. The van der Waals surface area contributed by atoms with Gasteiger partial charge in [0.2, 0.25) is 0 Å². The quantitative estimate of drug-likeness (QED) is 0.817. The van der Waals surface area contributed by atoms with Crippen molar-refractivity contribution in [2.75, 3.05) is 6.61 Å². The van der Waals surface area contributed by atoms with E-state index >= 15 is 0 Å². The second-order valence-corrected chi connectivity index (χ2v) is 3.35. The first-order valence-corrected chi connectivity index (χ1v) is 4.86. The van der Waals surface area contributed by atoms with E-state index < -0.39 is 12.1 Å². The van der Waals surface area contributed by atoms with E-state index in [0.717, 1.165) is 11.3 Å². The molecule has 0 spiro atoms. The second kappa shape index (κ2) is 3.81. The van der Waals surface area contributed by atoms with Crippen LogP contribution >= 0.6 is 0 Å². The van der Waals surface area contributed by atoms with Crippen molar-refractivity contribution in [3.63, 3.8) is 0 Å². The number of carboxylic acids is 1. The Morgan fingerprint density at radius 2 is 2.47 bits per heavy atom. The maximum absolute atomic E-state index is 10.7. The highest BCUT2D eigenvalue weighted by molar-refractivity contribution is 5.74. The van der Waals surface area contributed by atoms with Crippen LogP contribution in [-0.2, 0) is 11.2 Å². The molecule has 80 valence electrons. The van der Waals surface area contributed by atoms with Crippen molar-refractivity contribution < 1.29 is 19.4 Å². The minimum absolute atomic E-state index is 0.408. The monoisotopic (exact) mass is 208 g/mol. The number of ether oxygens (including phenoxy) is 2. The maximum Gasteiger partial charge on any atom is 0.345 e. The Morgan fingerprint density at radius 3 is 3.13 bits per heavy atom. The first kappa shape index (κ1) is 9.83. The summed E-state index contributed by atoms with van der Waals surface area (Å²) < 4.78 is 10.6. The summed E-state index contributed by atoms with van der Waals surface area (Å²) in [5, 5.41) is 8.80. The largest absolute Gasteiger partial charge is 0.494 e. The molecule has 0 aliphatic carbocycles. The summed E-state index contributed by atoms with van der Waals surface area (Å²) in [4.78, 5) is 10.7. The lowest BCUT2D eigenvalue weighted by molar-refractivity contribution is -0.144. The van der Waals surface area contributed by atoms with Crippen molar-refractivity contribution in [3.05, 3.63) is 23.8 Å². The number of carboxylic acid groups (broad SMARTS) is 1. The highest BCUT2D eigenvalue weighted by Crippen LogP contribution is 2.31. The van der Waals surface area contributed by atoms with Crippen LogP contribution in [0.2, 0.25) is 0 Å². The zero-order chi connectivity index (χ0) is 10.8. The first-order valence-electron chi connectivity index (χ1n) is 4.86. The molecule has 1 atom stereocenters. The Bertz CT molecular complexity index is 386. The van der Waals surface area contributed by atoms with Gasteiger partial charge in [-0.2, -0.15) is 0 Å². The van der Waals surface area contributed by atoms with Gasteiger partial charge in [0, 0.05) is 12.0 Å². The minimum Gasteiger partial charge on any atom is -0.494 e. The van der Waals surface area contributed by atoms with E-state index in [9.17, 15) is 4.79 Å². The van der Waals surface area contributed by atoms with Crippen molar-refractivity contribution in [1.82, 2.24) is 0 Å². The van der Waals surface area contributed by atoms with Crippen LogP contribution in [0.25, 0.3) is 0 Å². The highest BCUT2D eigenvalue weighted by atomic mass is 16.5. The fourth-order valence-electron chi connectivity index (χ4n) is 1.62. The van der Waals surface area contributed by atoms with Crippen molar-refractivity contribution in [3.8, 4) is 11.5 Å². The second-order valence-electron chi connectivity index (χ2n) is 3.35. The lowest BCUT2D eigenvalue weighted by Gasteiger charge is -2.04. The van der Waals surface area contributed by atoms with Crippen molar-refractivity contribution in [1.29, 1.82) is 0 Å². The zero-order valence-electron chi connectivity index (χ0n) is 8.40. The molecule has 0 bridgehead atoms. The molecule has 0 saturated heterocycles. The molecule has 0 radical (unpaired) electrons. The Balaban J connectivity index is 2.20. The van der Waals surface area contributed by atoms with Gasteiger partial charge in [-0.15, -0.1) is 0 Å².